The molecule has 112 valence electrons. The largest absolute Gasteiger partial charge is 0.394 e. The Bertz CT molecular complexity index is 431. The fraction of sp³-hybridized carbons (Fsp3) is 0.647. The Labute approximate surface area is 122 Å². The summed E-state index contributed by atoms with van der Waals surface area (Å²) in [5, 5.41) is 9.18. The standard InChI is InChI=1S/C17H28N2O/c1-14-9-10-15-7-3-4-8-16(15)19(14)12-6-5-11-17(2,18)13-20/h3-4,7-8,14,20H,5-6,9-13,18H2,1-2H3. The number of aryl methyl sites for hydroxylation is 1. The Morgan fingerprint density at radius 3 is 2.85 bits per heavy atom. The number of fused-ring (bicyclic) bond motifs is 1. The normalized spacial score (nSPS) is 21.4. The molecule has 2 rings (SSSR count). The monoisotopic (exact) mass is 276 g/mol. The fourth-order valence-corrected chi connectivity index (χ4v) is 2.99. The van der Waals surface area contributed by atoms with Gasteiger partial charge in [-0.25, -0.2) is 0 Å². The van der Waals surface area contributed by atoms with E-state index in [0.717, 1.165) is 25.8 Å². The van der Waals surface area contributed by atoms with E-state index in [1.165, 1.54) is 24.1 Å². The summed E-state index contributed by atoms with van der Waals surface area (Å²) < 4.78 is 0. The van der Waals surface area contributed by atoms with E-state index in [4.69, 9.17) is 5.73 Å². The van der Waals surface area contributed by atoms with Crippen LogP contribution >= 0.6 is 0 Å². The van der Waals surface area contributed by atoms with Gasteiger partial charge in [0.1, 0.15) is 0 Å². The third-order valence-corrected chi connectivity index (χ3v) is 4.42. The van der Waals surface area contributed by atoms with Crippen molar-refractivity contribution in [3.63, 3.8) is 0 Å². The molecule has 1 heterocycles. The molecule has 2 unspecified atom stereocenters. The van der Waals surface area contributed by atoms with Crippen molar-refractivity contribution in [1.29, 1.82) is 0 Å². The molecular formula is C17H28N2O. The lowest BCUT2D eigenvalue weighted by Crippen LogP contribution is -2.41. The summed E-state index contributed by atoms with van der Waals surface area (Å²) in [6.07, 6.45) is 5.51. The molecule has 1 aromatic carbocycles. The molecule has 3 nitrogen and oxygen atoms in total. The first-order chi connectivity index (χ1) is 9.53. The molecule has 0 aromatic heterocycles. The van der Waals surface area contributed by atoms with Gasteiger partial charge >= 0.3 is 0 Å². The highest BCUT2D eigenvalue weighted by Crippen LogP contribution is 2.30. The molecule has 3 N–H and O–H groups in total. The van der Waals surface area contributed by atoms with Crippen LogP contribution in [-0.2, 0) is 6.42 Å². The van der Waals surface area contributed by atoms with E-state index >= 15 is 0 Å². The van der Waals surface area contributed by atoms with Crippen LogP contribution < -0.4 is 10.6 Å². The van der Waals surface area contributed by atoms with Gasteiger partial charge in [-0.3, -0.25) is 0 Å². The molecule has 3 heteroatoms. The third kappa shape index (κ3) is 3.74. The topological polar surface area (TPSA) is 49.5 Å². The van der Waals surface area contributed by atoms with Crippen LogP contribution in [0.2, 0.25) is 0 Å². The Balaban J connectivity index is 1.89. The fourth-order valence-electron chi connectivity index (χ4n) is 2.99. The van der Waals surface area contributed by atoms with E-state index < -0.39 is 5.54 Å². The van der Waals surface area contributed by atoms with Gasteiger partial charge in [0.05, 0.1) is 6.61 Å². The van der Waals surface area contributed by atoms with Gasteiger partial charge in [-0.2, -0.15) is 0 Å². The second-order valence-electron chi connectivity index (χ2n) is 6.48. The molecule has 0 saturated heterocycles. The van der Waals surface area contributed by atoms with Crippen molar-refractivity contribution in [1.82, 2.24) is 0 Å². The van der Waals surface area contributed by atoms with Crippen molar-refractivity contribution < 1.29 is 5.11 Å². The number of unbranched alkanes of at least 4 members (excludes halogenated alkanes) is 1. The van der Waals surface area contributed by atoms with Crippen LogP contribution in [0.1, 0.15) is 45.1 Å². The lowest BCUT2D eigenvalue weighted by molar-refractivity contribution is 0.197. The molecule has 0 spiro atoms. The molecule has 1 aromatic rings. The summed E-state index contributed by atoms with van der Waals surface area (Å²) in [6.45, 7) is 5.39. The lowest BCUT2D eigenvalue weighted by atomic mass is 9.95. The van der Waals surface area contributed by atoms with E-state index in [1.54, 1.807) is 0 Å². The third-order valence-electron chi connectivity index (χ3n) is 4.42. The first kappa shape index (κ1) is 15.3. The Morgan fingerprint density at radius 1 is 1.35 bits per heavy atom. The molecule has 0 bridgehead atoms. The molecule has 0 saturated carbocycles. The van der Waals surface area contributed by atoms with Crippen molar-refractivity contribution in [3.8, 4) is 0 Å². The van der Waals surface area contributed by atoms with Crippen molar-refractivity contribution in [3.05, 3.63) is 29.8 Å². The molecule has 2 atom stereocenters. The van der Waals surface area contributed by atoms with Gasteiger partial charge in [-0.1, -0.05) is 18.2 Å². The average molecular weight is 276 g/mol. The molecule has 20 heavy (non-hydrogen) atoms. The van der Waals surface area contributed by atoms with Crippen LogP contribution in [0.5, 0.6) is 0 Å². The molecule has 0 aliphatic carbocycles. The SMILES string of the molecule is CC1CCc2ccccc2N1CCCCC(C)(N)CO. The molecular weight excluding hydrogens is 248 g/mol. The average Bonchev–Trinajstić information content (AvgIpc) is 2.45. The number of hydrogen-bond acceptors (Lipinski definition) is 3. The number of nitrogens with two attached hydrogens (primary N) is 1. The zero-order valence-electron chi connectivity index (χ0n) is 12.8. The van der Waals surface area contributed by atoms with Crippen LogP contribution in [0.3, 0.4) is 0 Å². The molecule has 0 fully saturated rings. The minimum Gasteiger partial charge on any atom is -0.394 e. The number of anilines is 1. The van der Waals surface area contributed by atoms with Gasteiger partial charge in [-0.15, -0.1) is 0 Å². The summed E-state index contributed by atoms with van der Waals surface area (Å²) in [5.41, 5.74) is 8.43. The smallest absolute Gasteiger partial charge is 0.0608 e. The van der Waals surface area contributed by atoms with Crippen LogP contribution in [0, 0.1) is 0 Å². The van der Waals surface area contributed by atoms with Gasteiger partial charge in [0, 0.05) is 23.8 Å². The predicted octanol–water partition coefficient (Wildman–Crippen LogP) is 2.71. The summed E-state index contributed by atoms with van der Waals surface area (Å²) in [4.78, 5) is 2.53. The number of hydrogen-bond donors (Lipinski definition) is 2. The van der Waals surface area contributed by atoms with Crippen LogP contribution in [-0.4, -0.2) is 29.8 Å². The lowest BCUT2D eigenvalue weighted by Gasteiger charge is -2.37. The van der Waals surface area contributed by atoms with E-state index in [0.29, 0.717) is 6.04 Å². The van der Waals surface area contributed by atoms with Crippen molar-refractivity contribution in [2.45, 2.75) is 57.5 Å². The van der Waals surface area contributed by atoms with Gasteiger partial charge in [0.15, 0.2) is 0 Å². The Morgan fingerprint density at radius 2 is 2.10 bits per heavy atom. The number of aliphatic hydroxyl groups is 1. The van der Waals surface area contributed by atoms with Crippen molar-refractivity contribution in [2.75, 3.05) is 18.1 Å². The van der Waals surface area contributed by atoms with Gasteiger partial charge in [0.2, 0.25) is 0 Å². The van der Waals surface area contributed by atoms with E-state index in [1.807, 2.05) is 6.92 Å². The first-order valence-corrected chi connectivity index (χ1v) is 7.78. The number of para-hydroxylation sites is 1. The van der Waals surface area contributed by atoms with Crippen LogP contribution in [0.25, 0.3) is 0 Å². The second kappa shape index (κ2) is 6.59. The highest BCUT2D eigenvalue weighted by atomic mass is 16.3. The summed E-state index contributed by atoms with van der Waals surface area (Å²) in [7, 11) is 0. The van der Waals surface area contributed by atoms with E-state index in [9.17, 15) is 5.11 Å². The highest BCUT2D eigenvalue weighted by molar-refractivity contribution is 5.56. The molecule has 0 amide bonds. The van der Waals surface area contributed by atoms with Gasteiger partial charge in [-0.05, 0) is 57.6 Å². The van der Waals surface area contributed by atoms with Gasteiger partial charge in [0.25, 0.3) is 0 Å². The van der Waals surface area contributed by atoms with E-state index in [-0.39, 0.29) is 6.61 Å². The first-order valence-electron chi connectivity index (χ1n) is 7.78. The number of benzene rings is 1. The van der Waals surface area contributed by atoms with Crippen molar-refractivity contribution in [2.24, 2.45) is 5.73 Å². The van der Waals surface area contributed by atoms with Gasteiger partial charge < -0.3 is 15.7 Å². The predicted molar refractivity (Wildman–Crippen MR) is 85.1 cm³/mol. The molecule has 1 aliphatic rings. The van der Waals surface area contributed by atoms with E-state index in [2.05, 4.69) is 36.1 Å². The maximum absolute atomic E-state index is 9.18. The molecule has 0 radical (unpaired) electrons. The Hall–Kier alpha value is -1.06. The molecule has 1 aliphatic heterocycles. The number of aliphatic hydroxyl groups excluding tert-OH is 1. The zero-order valence-corrected chi connectivity index (χ0v) is 12.8. The van der Waals surface area contributed by atoms with Crippen LogP contribution in [0.4, 0.5) is 5.69 Å². The number of rotatable bonds is 6. The summed E-state index contributed by atoms with van der Waals surface area (Å²) in [6, 6.07) is 9.37. The summed E-state index contributed by atoms with van der Waals surface area (Å²) >= 11 is 0. The number of nitrogens with zero attached hydrogens (tertiary/aromatic N) is 1. The maximum Gasteiger partial charge on any atom is 0.0608 e. The maximum atomic E-state index is 9.18. The Kier molecular flexibility index (Phi) is 5.06. The van der Waals surface area contributed by atoms with Crippen molar-refractivity contribution >= 4 is 5.69 Å². The minimum absolute atomic E-state index is 0.0654. The zero-order chi connectivity index (χ0) is 14.6. The summed E-state index contributed by atoms with van der Waals surface area (Å²) in [5.74, 6) is 0. The highest BCUT2D eigenvalue weighted by Gasteiger charge is 2.22. The van der Waals surface area contributed by atoms with Crippen LogP contribution in [0.15, 0.2) is 24.3 Å². The minimum atomic E-state index is -0.425. The second-order valence-corrected chi connectivity index (χ2v) is 6.48. The quantitative estimate of drug-likeness (QED) is 0.785.